The molecule has 37 heavy (non-hydrogen) atoms. The highest BCUT2D eigenvalue weighted by atomic mass is 19.1. The van der Waals surface area contributed by atoms with E-state index >= 15 is 0 Å². The zero-order valence-electron chi connectivity index (χ0n) is 21.2. The first-order chi connectivity index (χ1) is 17.8. The van der Waals surface area contributed by atoms with Gasteiger partial charge in [-0.25, -0.2) is 9.37 Å². The fourth-order valence-electron chi connectivity index (χ4n) is 3.20. The number of halogens is 1. The number of hydrogen-bond acceptors (Lipinski definition) is 8. The Bertz CT molecular complexity index is 1220. The molecule has 0 unspecified atom stereocenters. The van der Waals surface area contributed by atoms with Crippen molar-refractivity contribution < 1.29 is 38.4 Å². The van der Waals surface area contributed by atoms with Gasteiger partial charge in [-0.15, -0.1) is 0 Å². The van der Waals surface area contributed by atoms with Crippen LogP contribution in [0.25, 0.3) is 11.3 Å². The molecule has 0 atom stereocenters. The quantitative estimate of drug-likeness (QED) is 0.352. The van der Waals surface area contributed by atoms with E-state index in [1.54, 1.807) is 38.1 Å². The Labute approximate surface area is 214 Å². The molecule has 1 heterocycles. The van der Waals surface area contributed by atoms with Gasteiger partial charge in [0.2, 0.25) is 0 Å². The highest BCUT2D eigenvalue weighted by Gasteiger charge is 2.17. The van der Waals surface area contributed by atoms with Crippen molar-refractivity contribution in [1.29, 1.82) is 0 Å². The second-order valence-corrected chi connectivity index (χ2v) is 7.57. The van der Waals surface area contributed by atoms with Gasteiger partial charge in [0.25, 0.3) is 5.91 Å². The molecule has 10 heteroatoms. The number of benzene rings is 2. The van der Waals surface area contributed by atoms with Gasteiger partial charge in [0.15, 0.2) is 17.3 Å². The van der Waals surface area contributed by atoms with Gasteiger partial charge in [0, 0.05) is 17.7 Å². The summed E-state index contributed by atoms with van der Waals surface area (Å²) in [5.74, 6) is -0.0997. The number of aryl methyl sites for hydroxylation is 1. The molecule has 0 radical (unpaired) electrons. The Hall–Kier alpha value is -4.02. The van der Waals surface area contributed by atoms with E-state index in [1.165, 1.54) is 38.5 Å². The molecule has 0 saturated carbocycles. The van der Waals surface area contributed by atoms with Crippen molar-refractivity contribution in [3.05, 3.63) is 71.2 Å². The molecule has 0 aliphatic rings. The van der Waals surface area contributed by atoms with Crippen molar-refractivity contribution in [3.63, 3.8) is 0 Å². The first kappa shape index (κ1) is 29.2. The third-order valence-electron chi connectivity index (χ3n) is 4.98. The van der Waals surface area contributed by atoms with E-state index in [2.05, 4.69) is 10.3 Å². The van der Waals surface area contributed by atoms with E-state index in [0.717, 1.165) is 0 Å². The molecule has 3 rings (SSSR count). The van der Waals surface area contributed by atoms with Crippen LogP contribution in [-0.2, 0) is 0 Å². The molecule has 9 nitrogen and oxygen atoms in total. The molecule has 3 aromatic rings. The molecule has 0 bridgehead atoms. The van der Waals surface area contributed by atoms with E-state index in [4.69, 9.17) is 24.4 Å². The van der Waals surface area contributed by atoms with Crippen LogP contribution in [-0.4, -0.2) is 67.5 Å². The third kappa shape index (κ3) is 7.99. The fourth-order valence-corrected chi connectivity index (χ4v) is 3.20. The highest BCUT2D eigenvalue weighted by molar-refractivity contribution is 6.01. The standard InChI is InChI=1S/C25H25FN2O6.C2H6O/c1-15-12-16(4-6-18(15)26)24-22(32-2)9-7-19(28-24)20(30)14-27-25(31)17-5-8-21(34-11-10-29)23(13-17)33-3;1-2-3/h4-9,12-13,29H,10-11,14H2,1-3H3,(H,27,31);3H,2H2,1H3. The molecule has 0 aliphatic heterocycles. The van der Waals surface area contributed by atoms with Crippen LogP contribution in [0.15, 0.2) is 48.5 Å². The van der Waals surface area contributed by atoms with Crippen LogP contribution in [0.1, 0.15) is 33.3 Å². The molecule has 0 saturated heterocycles. The molecular formula is C27H31FN2O7. The molecule has 0 spiro atoms. The number of aromatic nitrogens is 1. The Balaban J connectivity index is 0.00000153. The maximum atomic E-state index is 13.7. The number of nitrogens with one attached hydrogen (secondary N) is 1. The fraction of sp³-hybridized carbons (Fsp3) is 0.296. The van der Waals surface area contributed by atoms with Crippen LogP contribution in [0.5, 0.6) is 17.2 Å². The van der Waals surface area contributed by atoms with E-state index in [9.17, 15) is 14.0 Å². The normalized spacial score (nSPS) is 10.1. The lowest BCUT2D eigenvalue weighted by Gasteiger charge is -2.12. The molecule has 0 aliphatic carbocycles. The lowest BCUT2D eigenvalue weighted by molar-refractivity contribution is 0.0902. The van der Waals surface area contributed by atoms with Crippen LogP contribution in [0.4, 0.5) is 4.39 Å². The van der Waals surface area contributed by atoms with Gasteiger partial charge >= 0.3 is 0 Å². The van der Waals surface area contributed by atoms with Crippen molar-refractivity contribution >= 4 is 11.7 Å². The number of methoxy groups -OCH3 is 2. The molecule has 1 aromatic heterocycles. The minimum Gasteiger partial charge on any atom is -0.494 e. The van der Waals surface area contributed by atoms with Gasteiger partial charge in [-0.3, -0.25) is 9.59 Å². The lowest BCUT2D eigenvalue weighted by Crippen LogP contribution is -2.30. The number of Topliss-reactive ketones (excluding diaryl/α,β-unsaturated/α-hetero) is 1. The number of carbonyl (C=O) groups is 2. The Morgan fingerprint density at radius 2 is 1.65 bits per heavy atom. The van der Waals surface area contributed by atoms with Crippen molar-refractivity contribution in [3.8, 4) is 28.5 Å². The highest BCUT2D eigenvalue weighted by Crippen LogP contribution is 2.30. The zero-order chi connectivity index (χ0) is 27.4. The number of aliphatic hydroxyl groups is 2. The summed E-state index contributed by atoms with van der Waals surface area (Å²) in [4.78, 5) is 29.7. The van der Waals surface area contributed by atoms with Gasteiger partial charge in [0.05, 0.1) is 27.4 Å². The Morgan fingerprint density at radius 1 is 0.973 bits per heavy atom. The second kappa shape index (κ2) is 14.5. The predicted molar refractivity (Wildman–Crippen MR) is 136 cm³/mol. The van der Waals surface area contributed by atoms with Gasteiger partial charge in [0.1, 0.15) is 29.6 Å². The summed E-state index contributed by atoms with van der Waals surface area (Å²) in [6.45, 7) is 3.21. The average Bonchev–Trinajstić information content (AvgIpc) is 2.91. The van der Waals surface area contributed by atoms with E-state index in [1.807, 2.05) is 0 Å². The van der Waals surface area contributed by atoms with E-state index < -0.39 is 11.7 Å². The summed E-state index contributed by atoms with van der Waals surface area (Å²) in [6.07, 6.45) is 0. The van der Waals surface area contributed by atoms with Crippen LogP contribution in [0, 0.1) is 12.7 Å². The summed E-state index contributed by atoms with van der Waals surface area (Å²) in [7, 11) is 2.91. The second-order valence-electron chi connectivity index (χ2n) is 7.57. The van der Waals surface area contributed by atoms with Crippen molar-refractivity contribution in [2.24, 2.45) is 0 Å². The number of ketones is 1. The number of rotatable bonds is 10. The van der Waals surface area contributed by atoms with E-state index in [0.29, 0.717) is 34.1 Å². The SMILES string of the molecule is CCO.COc1cc(C(=O)NCC(=O)c2ccc(OC)c(-c3ccc(F)c(C)c3)n2)ccc1OCCO. The van der Waals surface area contributed by atoms with Crippen molar-refractivity contribution in [2.75, 3.05) is 40.6 Å². The number of carbonyl (C=O) groups excluding carboxylic acids is 2. The van der Waals surface area contributed by atoms with Crippen molar-refractivity contribution in [1.82, 2.24) is 10.3 Å². The molecule has 198 valence electrons. The largest absolute Gasteiger partial charge is 0.494 e. The minimum absolute atomic E-state index is 0.0880. The number of ether oxygens (including phenoxy) is 3. The molecule has 2 aromatic carbocycles. The first-order valence-corrected chi connectivity index (χ1v) is 11.4. The van der Waals surface area contributed by atoms with Crippen molar-refractivity contribution in [2.45, 2.75) is 13.8 Å². The monoisotopic (exact) mass is 514 g/mol. The molecular weight excluding hydrogens is 483 g/mol. The van der Waals surface area contributed by atoms with Crippen LogP contribution >= 0.6 is 0 Å². The summed E-state index contributed by atoms with van der Waals surface area (Å²) in [5, 5.41) is 19.0. The zero-order valence-corrected chi connectivity index (χ0v) is 21.2. The number of nitrogens with zero attached hydrogens (tertiary/aromatic N) is 1. The van der Waals surface area contributed by atoms with Gasteiger partial charge in [-0.2, -0.15) is 0 Å². The average molecular weight is 515 g/mol. The van der Waals surface area contributed by atoms with E-state index in [-0.39, 0.29) is 43.4 Å². The maximum Gasteiger partial charge on any atom is 0.251 e. The topological polar surface area (TPSA) is 127 Å². The summed E-state index contributed by atoms with van der Waals surface area (Å²) < 4.78 is 29.6. The van der Waals surface area contributed by atoms with Crippen LogP contribution < -0.4 is 19.5 Å². The summed E-state index contributed by atoms with van der Waals surface area (Å²) in [5.41, 5.74) is 1.83. The lowest BCUT2D eigenvalue weighted by atomic mass is 10.1. The number of hydrogen-bond donors (Lipinski definition) is 3. The maximum absolute atomic E-state index is 13.7. The number of aliphatic hydroxyl groups excluding tert-OH is 2. The number of pyridine rings is 1. The molecule has 1 amide bonds. The van der Waals surface area contributed by atoms with Crippen LogP contribution in [0.3, 0.4) is 0 Å². The predicted octanol–water partition coefficient (Wildman–Crippen LogP) is 3.20. The third-order valence-corrected chi connectivity index (χ3v) is 4.98. The minimum atomic E-state index is -0.483. The smallest absolute Gasteiger partial charge is 0.251 e. The van der Waals surface area contributed by atoms with Gasteiger partial charge < -0.3 is 29.7 Å². The Kier molecular flexibility index (Phi) is 11.5. The number of amides is 1. The van der Waals surface area contributed by atoms with Gasteiger partial charge in [-0.1, -0.05) is 0 Å². The summed E-state index contributed by atoms with van der Waals surface area (Å²) >= 11 is 0. The molecule has 0 fully saturated rings. The van der Waals surface area contributed by atoms with Gasteiger partial charge in [-0.05, 0) is 67.9 Å². The Morgan fingerprint density at radius 3 is 2.27 bits per heavy atom. The molecule has 3 N–H and O–H groups in total. The van der Waals surface area contributed by atoms with Crippen LogP contribution in [0.2, 0.25) is 0 Å². The summed E-state index contributed by atoms with van der Waals surface area (Å²) in [6, 6.07) is 12.2. The first-order valence-electron chi connectivity index (χ1n) is 11.4.